The number of fused-ring (bicyclic) bond motifs is 1. The van der Waals surface area contributed by atoms with Crippen LogP contribution in [0.3, 0.4) is 0 Å². The van der Waals surface area contributed by atoms with Crippen molar-refractivity contribution >= 4 is 27.6 Å². The molecule has 0 bridgehead atoms. The van der Waals surface area contributed by atoms with Crippen molar-refractivity contribution in [2.24, 2.45) is 0 Å². The van der Waals surface area contributed by atoms with Gasteiger partial charge in [0.25, 0.3) is 0 Å². The number of rotatable bonds is 5. The van der Waals surface area contributed by atoms with Crippen LogP contribution in [0.25, 0.3) is 11.1 Å². The molecule has 0 aliphatic rings. The van der Waals surface area contributed by atoms with E-state index in [4.69, 9.17) is 14.9 Å². The Kier molecular flexibility index (Phi) is 3.75. The minimum Gasteiger partial charge on any atom is -0.440 e. The van der Waals surface area contributed by atoms with Gasteiger partial charge in [-0.1, -0.05) is 0 Å². The lowest BCUT2D eigenvalue weighted by Crippen LogP contribution is -2.06. The molecule has 0 amide bonds. The maximum Gasteiger partial charge on any atom is 0.208 e. The lowest BCUT2D eigenvalue weighted by Gasteiger charge is -1.97. The minimum atomic E-state index is -1.02. The number of methoxy groups -OCH3 is 1. The molecule has 5 nitrogen and oxygen atoms in total. The van der Waals surface area contributed by atoms with Crippen LogP contribution in [0.5, 0.6) is 0 Å². The first kappa shape index (κ1) is 12.1. The van der Waals surface area contributed by atoms with Crippen molar-refractivity contribution in [3.63, 3.8) is 0 Å². The fraction of sp³-hybridized carbons (Fsp3) is 0.364. The molecule has 0 aliphatic carbocycles. The second-order valence-corrected chi connectivity index (χ2v) is 5.19. The molecule has 2 N–H and O–H groups in total. The Labute approximate surface area is 101 Å². The number of hydrogen-bond acceptors (Lipinski definition) is 5. The van der Waals surface area contributed by atoms with Crippen LogP contribution in [0.2, 0.25) is 0 Å². The van der Waals surface area contributed by atoms with Crippen LogP contribution in [0.4, 0.5) is 5.69 Å². The minimum absolute atomic E-state index is 0.304. The summed E-state index contributed by atoms with van der Waals surface area (Å²) in [5.74, 6) is 1.26. The Hall–Kier alpha value is -1.40. The van der Waals surface area contributed by atoms with Gasteiger partial charge in [0.2, 0.25) is 5.89 Å². The third kappa shape index (κ3) is 3.04. The lowest BCUT2D eigenvalue weighted by atomic mass is 10.3. The van der Waals surface area contributed by atoms with Crippen molar-refractivity contribution in [2.45, 2.75) is 5.75 Å². The molecule has 0 aliphatic heterocycles. The number of nitrogens with zero attached hydrogens (tertiary/aromatic N) is 1. The number of ether oxygens (including phenoxy) is 1. The molecule has 1 aromatic carbocycles. The van der Waals surface area contributed by atoms with E-state index in [9.17, 15) is 4.21 Å². The number of oxazole rings is 1. The first-order chi connectivity index (χ1) is 8.19. The molecule has 1 unspecified atom stereocenters. The molecule has 92 valence electrons. The van der Waals surface area contributed by atoms with Crippen LogP contribution in [0.15, 0.2) is 22.6 Å². The highest BCUT2D eigenvalue weighted by atomic mass is 32.2. The van der Waals surface area contributed by atoms with Crippen molar-refractivity contribution in [3.8, 4) is 0 Å². The van der Waals surface area contributed by atoms with E-state index < -0.39 is 10.8 Å². The summed E-state index contributed by atoms with van der Waals surface area (Å²) in [6, 6.07) is 5.26. The van der Waals surface area contributed by atoms with Crippen LogP contribution < -0.4 is 5.73 Å². The highest BCUT2D eigenvalue weighted by molar-refractivity contribution is 7.84. The van der Waals surface area contributed by atoms with Gasteiger partial charge in [-0.25, -0.2) is 4.98 Å². The number of nitrogen functional groups attached to an aromatic ring is 1. The Bertz CT molecular complexity index is 538. The Balaban J connectivity index is 2.11. The third-order valence-electron chi connectivity index (χ3n) is 2.26. The smallest absolute Gasteiger partial charge is 0.208 e. The van der Waals surface area contributed by atoms with E-state index in [1.165, 1.54) is 0 Å². The van der Waals surface area contributed by atoms with Crippen LogP contribution in [-0.4, -0.2) is 28.7 Å². The molecule has 0 spiro atoms. The Morgan fingerprint density at radius 2 is 2.35 bits per heavy atom. The maximum atomic E-state index is 11.6. The van der Waals surface area contributed by atoms with Crippen molar-refractivity contribution in [3.05, 3.63) is 24.1 Å². The molecular formula is C11H14N2O3S. The monoisotopic (exact) mass is 254 g/mol. The number of aromatic nitrogens is 1. The second kappa shape index (κ2) is 5.29. The first-order valence-corrected chi connectivity index (χ1v) is 6.66. The predicted octanol–water partition coefficient (Wildman–Crippen LogP) is 1.31. The van der Waals surface area contributed by atoms with Crippen molar-refractivity contribution < 1.29 is 13.4 Å². The summed E-state index contributed by atoms with van der Waals surface area (Å²) in [6.07, 6.45) is 0. The largest absolute Gasteiger partial charge is 0.440 e. The van der Waals surface area contributed by atoms with Gasteiger partial charge in [-0.05, 0) is 12.1 Å². The van der Waals surface area contributed by atoms with Crippen LogP contribution in [0.1, 0.15) is 5.89 Å². The molecule has 2 aromatic rings. The SMILES string of the molecule is COCCS(=O)Cc1nc2ccc(N)cc2o1. The first-order valence-electron chi connectivity index (χ1n) is 5.18. The van der Waals surface area contributed by atoms with Crippen molar-refractivity contribution in [2.75, 3.05) is 25.2 Å². The summed E-state index contributed by atoms with van der Waals surface area (Å²) in [7, 11) is 0.567. The average molecular weight is 254 g/mol. The van der Waals surface area contributed by atoms with Crippen LogP contribution in [-0.2, 0) is 21.3 Å². The number of nitrogens with two attached hydrogens (primary N) is 1. The summed E-state index contributed by atoms with van der Waals surface area (Å²) in [5.41, 5.74) is 7.62. The maximum absolute atomic E-state index is 11.6. The van der Waals surface area contributed by atoms with Gasteiger partial charge in [0.1, 0.15) is 11.3 Å². The van der Waals surface area contributed by atoms with Crippen LogP contribution in [0, 0.1) is 0 Å². The van der Waals surface area contributed by atoms with Gasteiger partial charge >= 0.3 is 0 Å². The van der Waals surface area contributed by atoms with Crippen molar-refractivity contribution in [1.82, 2.24) is 4.98 Å². The van der Waals surface area contributed by atoms with Crippen LogP contribution >= 0.6 is 0 Å². The highest BCUT2D eigenvalue weighted by Gasteiger charge is 2.09. The fourth-order valence-corrected chi connectivity index (χ4v) is 2.33. The summed E-state index contributed by atoms with van der Waals surface area (Å²) in [4.78, 5) is 4.25. The van der Waals surface area contributed by atoms with E-state index in [1.54, 1.807) is 25.3 Å². The molecular weight excluding hydrogens is 240 g/mol. The van der Waals surface area contributed by atoms with Gasteiger partial charge < -0.3 is 14.9 Å². The zero-order chi connectivity index (χ0) is 12.3. The fourth-order valence-electron chi connectivity index (χ4n) is 1.44. The quantitative estimate of drug-likeness (QED) is 0.814. The van der Waals surface area contributed by atoms with Gasteiger partial charge in [0.05, 0.1) is 6.61 Å². The third-order valence-corrected chi connectivity index (χ3v) is 3.45. The van der Waals surface area contributed by atoms with E-state index >= 15 is 0 Å². The van der Waals surface area contributed by atoms with E-state index in [0.717, 1.165) is 5.52 Å². The average Bonchev–Trinajstić information content (AvgIpc) is 2.67. The normalized spacial score (nSPS) is 13.0. The molecule has 0 fully saturated rings. The predicted molar refractivity (Wildman–Crippen MR) is 67.0 cm³/mol. The van der Waals surface area contributed by atoms with E-state index in [-0.39, 0.29) is 0 Å². The molecule has 1 atom stereocenters. The van der Waals surface area contributed by atoms with Gasteiger partial charge in [-0.2, -0.15) is 0 Å². The number of hydrogen-bond donors (Lipinski definition) is 1. The summed E-state index contributed by atoms with van der Waals surface area (Å²) in [6.45, 7) is 0.472. The zero-order valence-corrected chi connectivity index (χ0v) is 10.3. The van der Waals surface area contributed by atoms with Gasteiger partial charge in [0.15, 0.2) is 5.58 Å². The summed E-state index contributed by atoms with van der Waals surface area (Å²) >= 11 is 0. The molecule has 2 rings (SSSR count). The molecule has 0 saturated heterocycles. The topological polar surface area (TPSA) is 78.3 Å². The lowest BCUT2D eigenvalue weighted by molar-refractivity contribution is 0.218. The van der Waals surface area contributed by atoms with Gasteiger partial charge in [-0.3, -0.25) is 4.21 Å². The molecule has 0 saturated carbocycles. The van der Waals surface area contributed by atoms with Gasteiger partial charge in [-0.15, -0.1) is 0 Å². The highest BCUT2D eigenvalue weighted by Crippen LogP contribution is 2.19. The zero-order valence-electron chi connectivity index (χ0n) is 9.51. The van der Waals surface area contributed by atoms with E-state index in [0.29, 0.717) is 35.3 Å². The Morgan fingerprint density at radius 1 is 1.53 bits per heavy atom. The second-order valence-electron chi connectivity index (χ2n) is 3.62. The molecule has 6 heteroatoms. The number of benzene rings is 1. The molecule has 0 radical (unpaired) electrons. The molecule has 17 heavy (non-hydrogen) atoms. The van der Waals surface area contributed by atoms with Gasteiger partial charge in [0, 0.05) is 35.4 Å². The van der Waals surface area contributed by atoms with E-state index in [2.05, 4.69) is 4.98 Å². The standard InChI is InChI=1S/C11H14N2O3S/c1-15-4-5-17(14)7-11-13-9-3-2-8(12)6-10(9)16-11/h2-3,6H,4-5,7,12H2,1H3. The molecule has 1 aromatic heterocycles. The molecule has 1 heterocycles. The summed E-state index contributed by atoms with van der Waals surface area (Å²) in [5, 5.41) is 0. The summed E-state index contributed by atoms with van der Waals surface area (Å²) < 4.78 is 22.0. The van der Waals surface area contributed by atoms with Crippen molar-refractivity contribution in [1.29, 1.82) is 0 Å². The number of anilines is 1. The Morgan fingerprint density at radius 3 is 3.12 bits per heavy atom. The van der Waals surface area contributed by atoms with E-state index in [1.807, 2.05) is 0 Å².